The molecular formula is C6H6BrN3O2. The van der Waals surface area contributed by atoms with Crippen LogP contribution < -0.4 is 0 Å². The standard InChI is InChI=1S/C6H6BrN3O2/c7-6-9-8-4(5(11)12)10(6)3-1-2-3/h3H,1-2H2,(H,11,12). The number of aromatic nitrogens is 3. The van der Waals surface area contributed by atoms with E-state index in [4.69, 9.17) is 5.11 Å². The van der Waals surface area contributed by atoms with Crippen LogP contribution in [0.2, 0.25) is 0 Å². The van der Waals surface area contributed by atoms with E-state index in [-0.39, 0.29) is 11.9 Å². The fourth-order valence-electron chi connectivity index (χ4n) is 1.07. The molecule has 2 rings (SSSR count). The maximum Gasteiger partial charge on any atom is 0.374 e. The highest BCUT2D eigenvalue weighted by Gasteiger charge is 2.30. The maximum atomic E-state index is 10.6. The second-order valence-corrected chi connectivity index (χ2v) is 3.41. The van der Waals surface area contributed by atoms with Gasteiger partial charge < -0.3 is 5.11 Å². The molecule has 1 aromatic heterocycles. The molecular weight excluding hydrogens is 226 g/mol. The van der Waals surface area contributed by atoms with Gasteiger partial charge in [-0.1, -0.05) is 0 Å². The maximum absolute atomic E-state index is 10.6. The molecule has 0 atom stereocenters. The predicted octanol–water partition coefficient (Wildman–Crippen LogP) is 1.07. The van der Waals surface area contributed by atoms with Crippen molar-refractivity contribution in [2.75, 3.05) is 0 Å². The Labute approximate surface area is 76.5 Å². The van der Waals surface area contributed by atoms with Crippen LogP contribution in [0.25, 0.3) is 0 Å². The van der Waals surface area contributed by atoms with Crippen LogP contribution in [-0.2, 0) is 0 Å². The Morgan fingerprint density at radius 3 is 2.75 bits per heavy atom. The van der Waals surface area contributed by atoms with Crippen molar-refractivity contribution in [2.24, 2.45) is 0 Å². The highest BCUT2D eigenvalue weighted by Crippen LogP contribution is 2.37. The van der Waals surface area contributed by atoms with E-state index >= 15 is 0 Å². The minimum Gasteiger partial charge on any atom is -0.475 e. The van der Waals surface area contributed by atoms with Gasteiger partial charge >= 0.3 is 5.97 Å². The fourth-order valence-corrected chi connectivity index (χ4v) is 1.61. The minimum atomic E-state index is -1.03. The van der Waals surface area contributed by atoms with Crippen LogP contribution in [0.15, 0.2) is 4.73 Å². The van der Waals surface area contributed by atoms with E-state index in [1.807, 2.05) is 0 Å². The van der Waals surface area contributed by atoms with Gasteiger partial charge in [0.15, 0.2) is 0 Å². The lowest BCUT2D eigenvalue weighted by Gasteiger charge is -2.00. The molecule has 1 fully saturated rings. The molecule has 0 unspecified atom stereocenters. The first-order valence-corrected chi connectivity index (χ1v) is 4.33. The zero-order valence-electron chi connectivity index (χ0n) is 6.07. The van der Waals surface area contributed by atoms with Crippen LogP contribution in [0.4, 0.5) is 0 Å². The third-order valence-electron chi connectivity index (χ3n) is 1.76. The third kappa shape index (κ3) is 1.12. The molecule has 0 saturated heterocycles. The van der Waals surface area contributed by atoms with Crippen LogP contribution in [0.1, 0.15) is 29.5 Å². The Morgan fingerprint density at radius 2 is 2.25 bits per heavy atom. The topological polar surface area (TPSA) is 68.0 Å². The van der Waals surface area contributed by atoms with E-state index in [1.165, 1.54) is 0 Å². The molecule has 0 aromatic carbocycles. The quantitative estimate of drug-likeness (QED) is 0.828. The molecule has 12 heavy (non-hydrogen) atoms. The van der Waals surface area contributed by atoms with Crippen molar-refractivity contribution in [2.45, 2.75) is 18.9 Å². The van der Waals surface area contributed by atoms with Crippen molar-refractivity contribution >= 4 is 21.9 Å². The number of hydrogen-bond acceptors (Lipinski definition) is 3. The Balaban J connectivity index is 2.46. The number of rotatable bonds is 2. The summed E-state index contributed by atoms with van der Waals surface area (Å²) in [5.74, 6) is -1.01. The second-order valence-electron chi connectivity index (χ2n) is 2.70. The van der Waals surface area contributed by atoms with Crippen molar-refractivity contribution in [3.63, 3.8) is 0 Å². The first-order chi connectivity index (χ1) is 5.70. The van der Waals surface area contributed by atoms with Crippen molar-refractivity contribution in [1.82, 2.24) is 14.8 Å². The van der Waals surface area contributed by atoms with Gasteiger partial charge in [0.1, 0.15) is 0 Å². The first kappa shape index (κ1) is 7.72. The summed E-state index contributed by atoms with van der Waals surface area (Å²) < 4.78 is 2.12. The summed E-state index contributed by atoms with van der Waals surface area (Å²) in [5.41, 5.74) is 0. The van der Waals surface area contributed by atoms with Crippen LogP contribution in [0.5, 0.6) is 0 Å². The van der Waals surface area contributed by atoms with E-state index in [1.54, 1.807) is 4.57 Å². The molecule has 6 heteroatoms. The molecule has 1 N–H and O–H groups in total. The summed E-state index contributed by atoms with van der Waals surface area (Å²) in [5, 5.41) is 15.9. The van der Waals surface area contributed by atoms with Gasteiger partial charge in [-0.05, 0) is 28.8 Å². The zero-order chi connectivity index (χ0) is 8.72. The number of aromatic carboxylic acids is 1. The Bertz CT molecular complexity index is 332. The number of hydrogen-bond donors (Lipinski definition) is 1. The van der Waals surface area contributed by atoms with Crippen molar-refractivity contribution < 1.29 is 9.90 Å². The van der Waals surface area contributed by atoms with Gasteiger partial charge in [-0.2, -0.15) is 0 Å². The average Bonchev–Trinajstić information content (AvgIpc) is 2.75. The monoisotopic (exact) mass is 231 g/mol. The lowest BCUT2D eigenvalue weighted by atomic mass is 10.5. The average molecular weight is 232 g/mol. The van der Waals surface area contributed by atoms with Gasteiger partial charge in [-0.3, -0.25) is 4.57 Å². The zero-order valence-corrected chi connectivity index (χ0v) is 7.65. The van der Waals surface area contributed by atoms with E-state index in [9.17, 15) is 4.79 Å². The van der Waals surface area contributed by atoms with E-state index in [2.05, 4.69) is 26.1 Å². The second kappa shape index (κ2) is 2.55. The lowest BCUT2D eigenvalue weighted by Crippen LogP contribution is -2.08. The highest BCUT2D eigenvalue weighted by molar-refractivity contribution is 9.10. The molecule has 0 radical (unpaired) electrons. The SMILES string of the molecule is O=C(O)c1nnc(Br)n1C1CC1. The molecule has 0 spiro atoms. The number of nitrogens with zero attached hydrogens (tertiary/aromatic N) is 3. The summed E-state index contributed by atoms with van der Waals surface area (Å²) in [6.45, 7) is 0. The molecule has 64 valence electrons. The first-order valence-electron chi connectivity index (χ1n) is 3.54. The molecule has 1 aliphatic rings. The number of halogens is 1. The van der Waals surface area contributed by atoms with Crippen LogP contribution in [0, 0.1) is 0 Å². The Hall–Kier alpha value is -0.910. The van der Waals surface area contributed by atoms with E-state index < -0.39 is 5.97 Å². The van der Waals surface area contributed by atoms with E-state index in [0.29, 0.717) is 4.73 Å². The molecule has 5 nitrogen and oxygen atoms in total. The summed E-state index contributed by atoms with van der Waals surface area (Å²) >= 11 is 3.15. The summed E-state index contributed by atoms with van der Waals surface area (Å²) in [4.78, 5) is 10.6. The van der Waals surface area contributed by atoms with Gasteiger partial charge in [0.25, 0.3) is 0 Å². The smallest absolute Gasteiger partial charge is 0.374 e. The van der Waals surface area contributed by atoms with Gasteiger partial charge in [0.05, 0.1) is 0 Å². The van der Waals surface area contributed by atoms with E-state index in [0.717, 1.165) is 12.8 Å². The number of carbonyl (C=O) groups is 1. The van der Waals surface area contributed by atoms with Crippen LogP contribution in [0.3, 0.4) is 0 Å². The molecule has 0 aliphatic heterocycles. The molecule has 1 aliphatic carbocycles. The minimum absolute atomic E-state index is 0.0179. The predicted molar refractivity (Wildman–Crippen MR) is 43.0 cm³/mol. The lowest BCUT2D eigenvalue weighted by molar-refractivity contribution is 0.0677. The third-order valence-corrected chi connectivity index (χ3v) is 2.30. The van der Waals surface area contributed by atoms with Gasteiger partial charge in [0.2, 0.25) is 10.6 Å². The molecule has 1 saturated carbocycles. The highest BCUT2D eigenvalue weighted by atomic mass is 79.9. The normalized spacial score (nSPS) is 16.4. The van der Waals surface area contributed by atoms with Crippen molar-refractivity contribution in [1.29, 1.82) is 0 Å². The Morgan fingerprint density at radius 1 is 1.58 bits per heavy atom. The fraction of sp³-hybridized carbons (Fsp3) is 0.500. The largest absolute Gasteiger partial charge is 0.475 e. The van der Waals surface area contributed by atoms with Gasteiger partial charge in [-0.25, -0.2) is 4.79 Å². The summed E-state index contributed by atoms with van der Waals surface area (Å²) in [6, 6.07) is 0.278. The van der Waals surface area contributed by atoms with Crippen LogP contribution in [-0.4, -0.2) is 25.8 Å². The summed E-state index contributed by atoms with van der Waals surface area (Å²) in [6.07, 6.45) is 2.02. The molecule has 1 heterocycles. The molecule has 1 aromatic rings. The van der Waals surface area contributed by atoms with Gasteiger partial charge in [0, 0.05) is 6.04 Å². The number of carboxylic acid groups (broad SMARTS) is 1. The molecule has 0 bridgehead atoms. The Kier molecular flexibility index (Phi) is 1.64. The van der Waals surface area contributed by atoms with Crippen molar-refractivity contribution in [3.05, 3.63) is 10.6 Å². The van der Waals surface area contributed by atoms with Gasteiger partial charge in [-0.15, -0.1) is 10.2 Å². The van der Waals surface area contributed by atoms with Crippen LogP contribution >= 0.6 is 15.9 Å². The summed E-state index contributed by atoms with van der Waals surface area (Å²) in [7, 11) is 0. The number of carboxylic acids is 1. The van der Waals surface area contributed by atoms with Crippen molar-refractivity contribution in [3.8, 4) is 0 Å². The molecule has 0 amide bonds.